The summed E-state index contributed by atoms with van der Waals surface area (Å²) in [5.74, 6) is -2.84. The Kier molecular flexibility index (Phi) is 6.77. The minimum Gasteiger partial charge on any atom is -0.292 e. The fraction of sp³-hybridized carbons (Fsp3) is 0.385. The van der Waals surface area contributed by atoms with E-state index in [0.29, 0.717) is 18.4 Å². The zero-order valence-electron chi connectivity index (χ0n) is 19.6. The quantitative estimate of drug-likeness (QED) is 0.257. The highest BCUT2D eigenvalue weighted by molar-refractivity contribution is 6.10. The molecular weight excluding hydrogens is 450 g/mol. The first-order valence-electron chi connectivity index (χ1n) is 11.8. The summed E-state index contributed by atoms with van der Waals surface area (Å²) in [6.45, 7) is 3.74. The Hall–Kier alpha value is -3.88. The molecule has 35 heavy (non-hydrogen) atoms. The van der Waals surface area contributed by atoms with Crippen LogP contribution in [0.25, 0.3) is 0 Å². The molecule has 9 heteroatoms. The Morgan fingerprint density at radius 1 is 1.00 bits per heavy atom. The van der Waals surface area contributed by atoms with Crippen molar-refractivity contribution in [1.82, 2.24) is 10.0 Å². The fourth-order valence-corrected chi connectivity index (χ4v) is 5.08. The number of ketones is 1. The second kappa shape index (κ2) is 9.77. The van der Waals surface area contributed by atoms with Gasteiger partial charge in [-0.1, -0.05) is 44.2 Å². The third kappa shape index (κ3) is 4.45. The summed E-state index contributed by atoms with van der Waals surface area (Å²) in [6.07, 6.45) is 2.07. The Labute approximate surface area is 202 Å². The van der Waals surface area contributed by atoms with Gasteiger partial charge in [0.15, 0.2) is 5.78 Å². The molecule has 1 aliphatic carbocycles. The van der Waals surface area contributed by atoms with Gasteiger partial charge in [0, 0.05) is 23.3 Å². The molecule has 1 saturated heterocycles. The average Bonchev–Trinajstić information content (AvgIpc) is 3.11. The number of carbonyl (C=O) groups excluding carboxylic acids is 4. The van der Waals surface area contributed by atoms with Gasteiger partial charge in [0.05, 0.1) is 16.8 Å². The molecule has 2 fully saturated rings. The van der Waals surface area contributed by atoms with E-state index in [1.807, 2.05) is 6.92 Å². The van der Waals surface area contributed by atoms with Crippen LogP contribution in [0.15, 0.2) is 54.6 Å². The highest BCUT2D eigenvalue weighted by Crippen LogP contribution is 2.42. The molecule has 2 aliphatic rings. The summed E-state index contributed by atoms with van der Waals surface area (Å²) >= 11 is 0. The minimum absolute atomic E-state index is 0.0405. The predicted molar refractivity (Wildman–Crippen MR) is 126 cm³/mol. The van der Waals surface area contributed by atoms with Gasteiger partial charge in [-0.25, -0.2) is 5.01 Å². The fourth-order valence-electron chi connectivity index (χ4n) is 5.08. The van der Waals surface area contributed by atoms with Crippen LogP contribution in [0.3, 0.4) is 0 Å². The van der Waals surface area contributed by atoms with Gasteiger partial charge in [0.1, 0.15) is 6.04 Å². The summed E-state index contributed by atoms with van der Waals surface area (Å²) in [7, 11) is 0. The number of non-ortho nitro benzene ring substituents is 1. The summed E-state index contributed by atoms with van der Waals surface area (Å²) in [4.78, 5) is 64.7. The number of nitro benzene ring substituents is 1. The van der Waals surface area contributed by atoms with Gasteiger partial charge in [-0.15, -0.1) is 0 Å². The zero-order valence-corrected chi connectivity index (χ0v) is 19.6. The Balaban J connectivity index is 1.77. The van der Waals surface area contributed by atoms with Crippen LogP contribution in [0.5, 0.6) is 0 Å². The number of amides is 3. The molecular formula is C26H27N3O6. The molecule has 0 unspecified atom stereocenters. The number of hydrazine groups is 1. The Bertz CT molecular complexity index is 1160. The van der Waals surface area contributed by atoms with Gasteiger partial charge in [-0.3, -0.25) is 29.3 Å². The maximum atomic E-state index is 13.8. The number of benzene rings is 2. The number of nitrogens with zero attached hydrogens (tertiary/aromatic N) is 3. The molecule has 1 aliphatic heterocycles. The van der Waals surface area contributed by atoms with Crippen molar-refractivity contribution in [1.29, 1.82) is 0 Å². The van der Waals surface area contributed by atoms with Gasteiger partial charge in [-0.2, -0.15) is 5.01 Å². The lowest BCUT2D eigenvalue weighted by Crippen LogP contribution is -2.57. The van der Waals surface area contributed by atoms with Gasteiger partial charge >= 0.3 is 0 Å². The first kappa shape index (κ1) is 24.3. The molecule has 0 aromatic heterocycles. The van der Waals surface area contributed by atoms with Crippen LogP contribution in [0.2, 0.25) is 0 Å². The summed E-state index contributed by atoms with van der Waals surface area (Å²) in [6, 6.07) is 12.2. The number of imide groups is 1. The van der Waals surface area contributed by atoms with Crippen molar-refractivity contribution in [2.75, 3.05) is 0 Å². The highest BCUT2D eigenvalue weighted by atomic mass is 16.6. The smallest absolute Gasteiger partial charge is 0.273 e. The maximum absolute atomic E-state index is 13.8. The topological polar surface area (TPSA) is 118 Å². The van der Waals surface area contributed by atoms with Crippen molar-refractivity contribution in [2.45, 2.75) is 45.6 Å². The van der Waals surface area contributed by atoms with Crippen LogP contribution in [-0.2, 0) is 9.59 Å². The third-order valence-corrected chi connectivity index (χ3v) is 6.96. The molecule has 182 valence electrons. The van der Waals surface area contributed by atoms with Crippen molar-refractivity contribution in [2.24, 2.45) is 17.8 Å². The molecule has 1 saturated carbocycles. The standard InChI is InChI=1S/C26H27N3O6/c1-3-22(23(30)17-7-5-4-6-8-17)27(24(31)18-10-12-19(13-11-18)29(34)35)28-25(32)20-14-9-16(2)15-21(20)26(28)33/h4-8,10-13,16,20-22H,3,9,14-15H2,1-2H3/t16-,20-,21+,22-/m1/s1. The molecule has 4 rings (SSSR count). The van der Waals surface area contributed by atoms with Crippen molar-refractivity contribution in [3.8, 4) is 0 Å². The molecule has 3 amide bonds. The van der Waals surface area contributed by atoms with Crippen molar-refractivity contribution in [3.05, 3.63) is 75.8 Å². The summed E-state index contributed by atoms with van der Waals surface area (Å²) < 4.78 is 0. The first-order valence-corrected chi connectivity index (χ1v) is 11.8. The number of hydrogen-bond donors (Lipinski definition) is 0. The van der Waals surface area contributed by atoms with Crippen LogP contribution in [0.4, 0.5) is 5.69 Å². The van der Waals surface area contributed by atoms with E-state index in [0.717, 1.165) is 16.4 Å². The normalized spacial score (nSPS) is 22.5. The van der Waals surface area contributed by atoms with Crippen LogP contribution in [-0.4, -0.2) is 44.5 Å². The van der Waals surface area contributed by atoms with E-state index in [-0.39, 0.29) is 23.6 Å². The SMILES string of the molecule is CC[C@H](C(=O)c1ccccc1)N(C(=O)c1ccc([N+](=O)[O-])cc1)N1C(=O)[C@H]2C[C@H](C)CC[C@H]2C1=O. The molecule has 4 atom stereocenters. The molecule has 1 heterocycles. The number of carbonyl (C=O) groups is 4. The van der Waals surface area contributed by atoms with E-state index in [2.05, 4.69) is 0 Å². The maximum Gasteiger partial charge on any atom is 0.273 e. The molecule has 0 radical (unpaired) electrons. The summed E-state index contributed by atoms with van der Waals surface area (Å²) in [5.41, 5.74) is 0.193. The van der Waals surface area contributed by atoms with Crippen molar-refractivity contribution in [3.63, 3.8) is 0 Å². The molecule has 0 spiro atoms. The largest absolute Gasteiger partial charge is 0.292 e. The van der Waals surface area contributed by atoms with Crippen LogP contribution >= 0.6 is 0 Å². The van der Waals surface area contributed by atoms with E-state index in [1.165, 1.54) is 24.3 Å². The number of nitro groups is 1. The lowest BCUT2D eigenvalue weighted by molar-refractivity contribution is -0.384. The Morgan fingerprint density at radius 2 is 1.63 bits per heavy atom. The van der Waals surface area contributed by atoms with Crippen LogP contribution in [0, 0.1) is 27.9 Å². The van der Waals surface area contributed by atoms with Gasteiger partial charge in [-0.05, 0) is 43.7 Å². The minimum atomic E-state index is -1.11. The first-order chi connectivity index (χ1) is 16.7. The monoisotopic (exact) mass is 477 g/mol. The molecule has 0 bridgehead atoms. The van der Waals surface area contributed by atoms with E-state index in [9.17, 15) is 29.3 Å². The van der Waals surface area contributed by atoms with E-state index < -0.39 is 46.3 Å². The second-order valence-corrected chi connectivity index (χ2v) is 9.23. The predicted octanol–water partition coefficient (Wildman–Crippen LogP) is 4.03. The van der Waals surface area contributed by atoms with Gasteiger partial charge in [0.2, 0.25) is 0 Å². The van der Waals surface area contributed by atoms with E-state index in [1.54, 1.807) is 37.3 Å². The number of fused-ring (bicyclic) bond motifs is 1. The molecule has 2 aromatic rings. The number of Topliss-reactive ketones (excluding diaryl/α,β-unsaturated/α-hetero) is 1. The van der Waals surface area contributed by atoms with Crippen LogP contribution in [0.1, 0.15) is 60.2 Å². The zero-order chi connectivity index (χ0) is 25.3. The highest BCUT2D eigenvalue weighted by Gasteiger charge is 2.54. The molecule has 2 aromatic carbocycles. The Morgan fingerprint density at radius 3 is 2.23 bits per heavy atom. The lowest BCUT2D eigenvalue weighted by Gasteiger charge is -2.36. The number of hydrogen-bond acceptors (Lipinski definition) is 6. The van der Waals surface area contributed by atoms with Gasteiger partial charge in [0.25, 0.3) is 23.4 Å². The number of rotatable bonds is 7. The average molecular weight is 478 g/mol. The molecule has 9 nitrogen and oxygen atoms in total. The van der Waals surface area contributed by atoms with Crippen molar-refractivity contribution < 1.29 is 24.1 Å². The lowest BCUT2D eigenvalue weighted by atomic mass is 9.76. The second-order valence-electron chi connectivity index (χ2n) is 9.23. The van der Waals surface area contributed by atoms with Crippen LogP contribution < -0.4 is 0 Å². The van der Waals surface area contributed by atoms with Gasteiger partial charge < -0.3 is 0 Å². The molecule has 0 N–H and O–H groups in total. The summed E-state index contributed by atoms with van der Waals surface area (Å²) in [5, 5.41) is 12.9. The van der Waals surface area contributed by atoms with E-state index in [4.69, 9.17) is 0 Å². The van der Waals surface area contributed by atoms with E-state index >= 15 is 0 Å². The van der Waals surface area contributed by atoms with Crippen molar-refractivity contribution >= 4 is 29.2 Å². The third-order valence-electron chi connectivity index (χ3n) is 6.96.